The van der Waals surface area contributed by atoms with Gasteiger partial charge in [-0.15, -0.1) is 20.2 Å². The Hall–Kier alpha value is -1.68. The van der Waals surface area contributed by atoms with Gasteiger partial charge in [0.25, 0.3) is 10.2 Å². The van der Waals surface area contributed by atoms with Gasteiger partial charge in [0.2, 0.25) is 11.4 Å². The molecule has 1 aliphatic rings. The van der Waals surface area contributed by atoms with Crippen LogP contribution in [0.2, 0.25) is 0 Å². The van der Waals surface area contributed by atoms with Crippen LogP contribution >= 0.6 is 0 Å². The normalized spacial score (nSPS) is 34.1. The fourth-order valence-corrected chi connectivity index (χ4v) is 1.71. The SMILES string of the molecule is N[C@@]1(O[N+](=O)[O-])CCCC[C@@]1(N)O[N+](=O)[O-]. The van der Waals surface area contributed by atoms with Gasteiger partial charge in [0.15, 0.2) is 0 Å². The van der Waals surface area contributed by atoms with Crippen molar-refractivity contribution in [3.8, 4) is 0 Å². The minimum Gasteiger partial charge on any atom is -0.300 e. The Morgan fingerprint density at radius 3 is 1.50 bits per heavy atom. The molecule has 0 radical (unpaired) electrons. The Labute approximate surface area is 89.7 Å². The number of rotatable bonds is 4. The van der Waals surface area contributed by atoms with E-state index in [0.717, 1.165) is 0 Å². The van der Waals surface area contributed by atoms with Crippen LogP contribution in [0.4, 0.5) is 0 Å². The van der Waals surface area contributed by atoms with Crippen molar-refractivity contribution in [3.63, 3.8) is 0 Å². The van der Waals surface area contributed by atoms with Gasteiger partial charge in [0, 0.05) is 0 Å². The van der Waals surface area contributed by atoms with Crippen LogP contribution < -0.4 is 11.5 Å². The van der Waals surface area contributed by atoms with Crippen molar-refractivity contribution in [2.24, 2.45) is 11.5 Å². The zero-order valence-corrected chi connectivity index (χ0v) is 8.33. The van der Waals surface area contributed by atoms with Crippen LogP contribution in [-0.2, 0) is 9.68 Å². The summed E-state index contributed by atoms with van der Waals surface area (Å²) >= 11 is 0. The lowest BCUT2D eigenvalue weighted by atomic mass is 9.84. The Morgan fingerprint density at radius 1 is 0.938 bits per heavy atom. The van der Waals surface area contributed by atoms with Crippen LogP contribution in [0, 0.1) is 20.2 Å². The van der Waals surface area contributed by atoms with Gasteiger partial charge in [0.1, 0.15) is 0 Å². The molecular weight excluding hydrogens is 224 g/mol. The molecule has 1 aliphatic carbocycles. The number of hydrogen-bond donors (Lipinski definition) is 2. The monoisotopic (exact) mass is 236 g/mol. The molecule has 92 valence electrons. The molecule has 0 spiro atoms. The lowest BCUT2D eigenvalue weighted by molar-refractivity contribution is -0.823. The van der Waals surface area contributed by atoms with Gasteiger partial charge < -0.3 is 11.5 Å². The van der Waals surface area contributed by atoms with E-state index in [-0.39, 0.29) is 12.8 Å². The molecule has 0 unspecified atom stereocenters. The molecule has 0 aliphatic heterocycles. The zero-order valence-electron chi connectivity index (χ0n) is 8.33. The van der Waals surface area contributed by atoms with E-state index in [1.807, 2.05) is 0 Å². The Balaban J connectivity index is 2.92. The molecule has 1 saturated carbocycles. The average Bonchev–Trinajstić information content (AvgIpc) is 2.08. The quantitative estimate of drug-likeness (QED) is 0.368. The molecule has 0 aromatic carbocycles. The van der Waals surface area contributed by atoms with Gasteiger partial charge in [-0.3, -0.25) is 9.68 Å². The fraction of sp³-hybridized carbons (Fsp3) is 1.00. The van der Waals surface area contributed by atoms with Crippen molar-refractivity contribution >= 4 is 0 Å². The van der Waals surface area contributed by atoms with E-state index in [2.05, 4.69) is 9.68 Å². The first-order valence-electron chi connectivity index (χ1n) is 4.54. The minimum atomic E-state index is -2.00. The molecule has 10 nitrogen and oxygen atoms in total. The van der Waals surface area contributed by atoms with Gasteiger partial charge in [-0.1, -0.05) is 0 Å². The standard InChI is InChI=1S/C6H12N4O6/c7-5(15-9(11)12)3-1-2-4-6(5,8)16-10(13)14/h1-4,7-8H2/t5-,6-/m1/s1. The second-order valence-corrected chi connectivity index (χ2v) is 3.62. The second kappa shape index (κ2) is 4.06. The molecule has 0 aromatic rings. The topological polar surface area (TPSA) is 157 Å². The van der Waals surface area contributed by atoms with Crippen molar-refractivity contribution < 1.29 is 19.8 Å². The van der Waals surface area contributed by atoms with Crippen LogP contribution in [0.3, 0.4) is 0 Å². The van der Waals surface area contributed by atoms with Crippen molar-refractivity contribution in [1.82, 2.24) is 0 Å². The van der Waals surface area contributed by atoms with Crippen molar-refractivity contribution in [1.29, 1.82) is 0 Å². The van der Waals surface area contributed by atoms with Crippen LogP contribution in [0.15, 0.2) is 0 Å². The molecule has 0 amide bonds. The summed E-state index contributed by atoms with van der Waals surface area (Å²) in [6.07, 6.45) is 1.06. The highest BCUT2D eigenvalue weighted by Gasteiger charge is 2.54. The largest absolute Gasteiger partial charge is 0.300 e. The molecule has 2 atom stereocenters. The summed E-state index contributed by atoms with van der Waals surface area (Å²) < 4.78 is 0. The van der Waals surface area contributed by atoms with E-state index >= 15 is 0 Å². The molecule has 0 heterocycles. The number of hydrogen-bond acceptors (Lipinski definition) is 8. The van der Waals surface area contributed by atoms with Gasteiger partial charge >= 0.3 is 0 Å². The summed E-state index contributed by atoms with van der Waals surface area (Å²) in [7, 11) is 0. The first-order chi connectivity index (χ1) is 7.29. The Bertz CT molecular complexity index is 281. The third-order valence-electron chi connectivity index (χ3n) is 2.54. The molecule has 0 bridgehead atoms. The van der Waals surface area contributed by atoms with Gasteiger partial charge in [-0.25, -0.2) is 0 Å². The van der Waals surface area contributed by atoms with Crippen molar-refractivity contribution in [2.45, 2.75) is 37.1 Å². The molecule has 1 fully saturated rings. The smallest absolute Gasteiger partial charge is 0.296 e. The first-order valence-corrected chi connectivity index (χ1v) is 4.54. The van der Waals surface area contributed by atoms with Gasteiger partial charge in [-0.2, -0.15) is 0 Å². The molecule has 10 heteroatoms. The van der Waals surface area contributed by atoms with Crippen molar-refractivity contribution in [3.05, 3.63) is 20.2 Å². The summed E-state index contributed by atoms with van der Waals surface area (Å²) in [5.41, 5.74) is 7.14. The molecule has 0 saturated heterocycles. The van der Waals surface area contributed by atoms with E-state index in [1.54, 1.807) is 0 Å². The molecular formula is C6H12N4O6. The number of nitrogens with zero attached hydrogens (tertiary/aromatic N) is 2. The van der Waals surface area contributed by atoms with E-state index in [0.29, 0.717) is 12.8 Å². The van der Waals surface area contributed by atoms with Crippen LogP contribution in [0.1, 0.15) is 25.7 Å². The highest BCUT2D eigenvalue weighted by Crippen LogP contribution is 2.35. The third kappa shape index (κ3) is 2.28. The van der Waals surface area contributed by atoms with Crippen molar-refractivity contribution in [2.75, 3.05) is 0 Å². The summed E-state index contributed by atoms with van der Waals surface area (Å²) in [5, 5.41) is 18.3. The molecule has 1 rings (SSSR count). The lowest BCUT2D eigenvalue weighted by Crippen LogP contribution is -2.71. The summed E-state index contributed by atoms with van der Waals surface area (Å²) in [6.45, 7) is 0. The van der Waals surface area contributed by atoms with Gasteiger partial charge in [-0.05, 0) is 25.7 Å². The van der Waals surface area contributed by atoms with Crippen LogP contribution in [0.25, 0.3) is 0 Å². The van der Waals surface area contributed by atoms with E-state index in [9.17, 15) is 20.2 Å². The highest BCUT2D eigenvalue weighted by molar-refractivity contribution is 4.96. The van der Waals surface area contributed by atoms with E-state index < -0.39 is 21.6 Å². The van der Waals surface area contributed by atoms with E-state index in [4.69, 9.17) is 11.5 Å². The maximum absolute atomic E-state index is 10.3. The third-order valence-corrected chi connectivity index (χ3v) is 2.54. The average molecular weight is 236 g/mol. The second-order valence-electron chi connectivity index (χ2n) is 3.62. The summed E-state index contributed by atoms with van der Waals surface area (Å²) in [6, 6.07) is 0. The predicted octanol–water partition coefficient (Wildman–Crippen LogP) is -0.713. The van der Waals surface area contributed by atoms with Crippen LogP contribution in [0.5, 0.6) is 0 Å². The minimum absolute atomic E-state index is 0.0122. The zero-order chi connectivity index (χ0) is 12.4. The summed E-state index contributed by atoms with van der Waals surface area (Å²) in [5.74, 6) is 0. The molecule has 0 aromatic heterocycles. The Kier molecular flexibility index (Phi) is 3.14. The first kappa shape index (κ1) is 12.4. The maximum Gasteiger partial charge on any atom is 0.296 e. The fourth-order valence-electron chi connectivity index (χ4n) is 1.71. The molecule has 4 N–H and O–H groups in total. The lowest BCUT2D eigenvalue weighted by Gasteiger charge is -2.44. The molecule has 16 heavy (non-hydrogen) atoms. The van der Waals surface area contributed by atoms with Gasteiger partial charge in [0.05, 0.1) is 0 Å². The Morgan fingerprint density at radius 2 is 1.25 bits per heavy atom. The van der Waals surface area contributed by atoms with E-state index in [1.165, 1.54) is 0 Å². The highest BCUT2D eigenvalue weighted by atomic mass is 17.0. The van der Waals surface area contributed by atoms with Crippen LogP contribution in [-0.4, -0.2) is 21.6 Å². The summed E-state index contributed by atoms with van der Waals surface area (Å²) in [4.78, 5) is 29.0. The maximum atomic E-state index is 10.3. The number of nitrogens with two attached hydrogens (primary N) is 2. The predicted molar refractivity (Wildman–Crippen MR) is 48.5 cm³/mol.